The molecule has 21 heavy (non-hydrogen) atoms. The Kier molecular flexibility index (Phi) is 5.34. The van der Waals surface area contributed by atoms with Crippen LogP contribution in [-0.2, 0) is 6.54 Å². The van der Waals surface area contributed by atoms with Gasteiger partial charge in [-0.25, -0.2) is 4.98 Å². The van der Waals surface area contributed by atoms with Crippen molar-refractivity contribution in [3.63, 3.8) is 0 Å². The maximum absolute atomic E-state index is 9.28. The number of hydrogen-bond acceptors (Lipinski definition) is 6. The van der Waals surface area contributed by atoms with Gasteiger partial charge >= 0.3 is 0 Å². The first kappa shape index (κ1) is 15.1. The Bertz CT molecular complexity index is 563. The number of ether oxygens (including phenoxy) is 1. The average molecular weight is 288 g/mol. The van der Waals surface area contributed by atoms with Gasteiger partial charge in [-0.15, -0.1) is 0 Å². The molecule has 6 heteroatoms. The highest BCUT2D eigenvalue weighted by Gasteiger charge is 2.16. The zero-order chi connectivity index (χ0) is 15.1. The molecular formula is C15H20N4O2. The minimum absolute atomic E-state index is 0.0141. The Morgan fingerprint density at radius 2 is 2.00 bits per heavy atom. The molecule has 2 rings (SSSR count). The van der Waals surface area contributed by atoms with Gasteiger partial charge < -0.3 is 20.5 Å². The standard InChI is InChI=1S/C15H20N4O2/c1-2-21-15-13(16)14(17-11-18-15)19(8-9-20)10-12-6-4-3-5-7-12/h3-7,11,20H,2,8-10,16H2,1H3. The minimum atomic E-state index is 0.0141. The van der Waals surface area contributed by atoms with Gasteiger partial charge in [-0.1, -0.05) is 30.3 Å². The highest BCUT2D eigenvalue weighted by Crippen LogP contribution is 2.28. The van der Waals surface area contributed by atoms with Gasteiger partial charge in [0.1, 0.15) is 12.0 Å². The molecule has 0 unspecified atom stereocenters. The van der Waals surface area contributed by atoms with Gasteiger partial charge in [-0.2, -0.15) is 4.98 Å². The lowest BCUT2D eigenvalue weighted by molar-refractivity contribution is 0.301. The Labute approximate surface area is 124 Å². The molecule has 6 nitrogen and oxygen atoms in total. The summed E-state index contributed by atoms with van der Waals surface area (Å²) >= 11 is 0. The second-order valence-electron chi connectivity index (χ2n) is 4.48. The van der Waals surface area contributed by atoms with E-state index in [2.05, 4.69) is 9.97 Å². The lowest BCUT2D eigenvalue weighted by Crippen LogP contribution is -2.28. The topological polar surface area (TPSA) is 84.5 Å². The van der Waals surface area contributed by atoms with E-state index in [9.17, 15) is 5.11 Å². The fourth-order valence-corrected chi connectivity index (χ4v) is 2.06. The lowest BCUT2D eigenvalue weighted by atomic mass is 10.2. The van der Waals surface area contributed by atoms with Crippen LogP contribution in [0.1, 0.15) is 12.5 Å². The van der Waals surface area contributed by atoms with E-state index in [0.717, 1.165) is 5.56 Å². The first-order valence-corrected chi connectivity index (χ1v) is 6.89. The lowest BCUT2D eigenvalue weighted by Gasteiger charge is -2.24. The van der Waals surface area contributed by atoms with Crippen LogP contribution in [0, 0.1) is 0 Å². The SMILES string of the molecule is CCOc1ncnc(N(CCO)Cc2ccccc2)c1N. The summed E-state index contributed by atoms with van der Waals surface area (Å²) in [6.45, 7) is 3.41. The predicted octanol–water partition coefficient (Wildman–Crippen LogP) is 1.46. The number of anilines is 2. The van der Waals surface area contributed by atoms with Crippen molar-refractivity contribution in [2.24, 2.45) is 0 Å². The molecule has 0 spiro atoms. The molecule has 0 saturated carbocycles. The number of nitrogens with two attached hydrogens (primary N) is 1. The maximum Gasteiger partial charge on any atom is 0.242 e. The maximum atomic E-state index is 9.28. The number of aliphatic hydroxyl groups is 1. The molecule has 0 amide bonds. The van der Waals surface area contributed by atoms with Crippen molar-refractivity contribution in [3.8, 4) is 5.88 Å². The summed E-state index contributed by atoms with van der Waals surface area (Å²) in [6, 6.07) is 9.95. The molecule has 0 atom stereocenters. The number of hydrogen-bond donors (Lipinski definition) is 2. The monoisotopic (exact) mass is 288 g/mol. The molecule has 1 aromatic carbocycles. The van der Waals surface area contributed by atoms with Crippen molar-refractivity contribution in [3.05, 3.63) is 42.2 Å². The van der Waals surface area contributed by atoms with Gasteiger partial charge in [-0.3, -0.25) is 0 Å². The van der Waals surface area contributed by atoms with Gasteiger partial charge in [0.15, 0.2) is 5.82 Å². The molecule has 1 heterocycles. The fraction of sp³-hybridized carbons (Fsp3) is 0.333. The Morgan fingerprint density at radius 1 is 1.24 bits per heavy atom. The van der Waals surface area contributed by atoms with Crippen molar-refractivity contribution in [2.75, 3.05) is 30.4 Å². The molecule has 0 aliphatic rings. The number of benzene rings is 1. The molecule has 0 aliphatic heterocycles. The third kappa shape index (κ3) is 3.82. The summed E-state index contributed by atoms with van der Waals surface area (Å²) in [7, 11) is 0. The molecular weight excluding hydrogens is 268 g/mol. The van der Waals surface area contributed by atoms with Crippen LogP contribution in [0.4, 0.5) is 11.5 Å². The summed E-state index contributed by atoms with van der Waals surface area (Å²) in [5.74, 6) is 0.949. The van der Waals surface area contributed by atoms with Gasteiger partial charge in [0.25, 0.3) is 0 Å². The number of nitrogen functional groups attached to an aromatic ring is 1. The molecule has 0 radical (unpaired) electrons. The molecule has 0 aliphatic carbocycles. The van der Waals surface area contributed by atoms with Crippen molar-refractivity contribution in [1.82, 2.24) is 9.97 Å². The number of aliphatic hydroxyl groups excluding tert-OH is 1. The quantitative estimate of drug-likeness (QED) is 0.802. The third-order valence-electron chi connectivity index (χ3n) is 2.99. The van der Waals surface area contributed by atoms with Crippen molar-refractivity contribution < 1.29 is 9.84 Å². The first-order valence-electron chi connectivity index (χ1n) is 6.89. The van der Waals surface area contributed by atoms with Gasteiger partial charge in [0, 0.05) is 13.1 Å². The second kappa shape index (κ2) is 7.44. The Morgan fingerprint density at radius 3 is 2.67 bits per heavy atom. The molecule has 0 fully saturated rings. The summed E-state index contributed by atoms with van der Waals surface area (Å²) in [5.41, 5.74) is 7.59. The highest BCUT2D eigenvalue weighted by atomic mass is 16.5. The minimum Gasteiger partial charge on any atom is -0.476 e. The molecule has 0 saturated heterocycles. The van der Waals surface area contributed by atoms with Crippen LogP contribution in [-0.4, -0.2) is 34.8 Å². The van der Waals surface area contributed by atoms with E-state index in [1.807, 2.05) is 42.2 Å². The van der Waals surface area contributed by atoms with E-state index in [0.29, 0.717) is 37.1 Å². The first-order chi connectivity index (χ1) is 10.3. The van der Waals surface area contributed by atoms with Crippen LogP contribution in [0.2, 0.25) is 0 Å². The van der Waals surface area contributed by atoms with Crippen LogP contribution in [0.15, 0.2) is 36.7 Å². The van der Waals surface area contributed by atoms with E-state index >= 15 is 0 Å². The van der Waals surface area contributed by atoms with Crippen LogP contribution in [0.3, 0.4) is 0 Å². The molecule has 0 bridgehead atoms. The second-order valence-corrected chi connectivity index (χ2v) is 4.48. The van der Waals surface area contributed by atoms with Crippen LogP contribution in [0.25, 0.3) is 0 Å². The highest BCUT2D eigenvalue weighted by molar-refractivity contribution is 5.67. The molecule has 3 N–H and O–H groups in total. The van der Waals surface area contributed by atoms with Crippen molar-refractivity contribution in [1.29, 1.82) is 0 Å². The summed E-state index contributed by atoms with van der Waals surface area (Å²) in [5, 5.41) is 9.28. The zero-order valence-corrected chi connectivity index (χ0v) is 12.1. The normalized spacial score (nSPS) is 10.4. The van der Waals surface area contributed by atoms with Crippen LogP contribution < -0.4 is 15.4 Å². The zero-order valence-electron chi connectivity index (χ0n) is 12.1. The van der Waals surface area contributed by atoms with Crippen molar-refractivity contribution in [2.45, 2.75) is 13.5 Å². The van der Waals surface area contributed by atoms with Crippen LogP contribution >= 0.6 is 0 Å². The van der Waals surface area contributed by atoms with E-state index in [1.54, 1.807) is 0 Å². The largest absolute Gasteiger partial charge is 0.476 e. The van der Waals surface area contributed by atoms with Crippen LogP contribution in [0.5, 0.6) is 5.88 Å². The Hall–Kier alpha value is -2.34. The van der Waals surface area contributed by atoms with E-state index in [4.69, 9.17) is 10.5 Å². The molecule has 1 aromatic heterocycles. The average Bonchev–Trinajstić information content (AvgIpc) is 2.50. The van der Waals surface area contributed by atoms with E-state index < -0.39 is 0 Å². The van der Waals surface area contributed by atoms with E-state index in [1.165, 1.54) is 6.33 Å². The molecule has 2 aromatic rings. The summed E-state index contributed by atoms with van der Waals surface area (Å²) in [4.78, 5) is 10.2. The number of rotatable bonds is 7. The van der Waals surface area contributed by atoms with Crippen molar-refractivity contribution >= 4 is 11.5 Å². The predicted molar refractivity (Wildman–Crippen MR) is 82.2 cm³/mol. The summed E-state index contributed by atoms with van der Waals surface area (Å²) < 4.78 is 5.39. The summed E-state index contributed by atoms with van der Waals surface area (Å²) in [6.07, 6.45) is 1.42. The number of aromatic nitrogens is 2. The van der Waals surface area contributed by atoms with Gasteiger partial charge in [0.05, 0.1) is 13.2 Å². The fourth-order valence-electron chi connectivity index (χ4n) is 2.06. The smallest absolute Gasteiger partial charge is 0.242 e. The van der Waals surface area contributed by atoms with Gasteiger partial charge in [0.2, 0.25) is 5.88 Å². The van der Waals surface area contributed by atoms with E-state index in [-0.39, 0.29) is 6.61 Å². The third-order valence-corrected chi connectivity index (χ3v) is 2.99. The Balaban J connectivity index is 2.27. The molecule has 112 valence electrons. The van der Waals surface area contributed by atoms with Gasteiger partial charge in [-0.05, 0) is 12.5 Å². The number of nitrogens with zero attached hydrogens (tertiary/aromatic N) is 3.